The van der Waals surface area contributed by atoms with Crippen molar-refractivity contribution in [1.82, 2.24) is 19.4 Å². The highest BCUT2D eigenvalue weighted by Crippen LogP contribution is 2.33. The molecule has 2 fully saturated rings. The Balaban J connectivity index is 1.40. The molecule has 0 amide bonds. The fourth-order valence-electron chi connectivity index (χ4n) is 3.82. The summed E-state index contributed by atoms with van der Waals surface area (Å²) in [4.78, 5) is 10.7. The molecule has 0 N–H and O–H groups in total. The van der Waals surface area contributed by atoms with Crippen LogP contribution in [-0.2, 0) is 22.6 Å². The molecule has 0 aromatic carbocycles. The van der Waals surface area contributed by atoms with E-state index in [1.165, 1.54) is 5.56 Å². The molecule has 0 unspecified atom stereocenters. The molecule has 0 radical (unpaired) electrons. The van der Waals surface area contributed by atoms with Crippen LogP contribution in [0.15, 0.2) is 43.2 Å². The predicted molar refractivity (Wildman–Crippen MR) is 89.4 cm³/mol. The zero-order chi connectivity index (χ0) is 16.2. The molecule has 0 aliphatic carbocycles. The lowest BCUT2D eigenvalue weighted by Gasteiger charge is -2.31. The van der Waals surface area contributed by atoms with E-state index in [9.17, 15) is 0 Å². The minimum atomic E-state index is -0.172. The van der Waals surface area contributed by atoms with Gasteiger partial charge in [-0.1, -0.05) is 0 Å². The van der Waals surface area contributed by atoms with Crippen LogP contribution >= 0.6 is 0 Å². The highest BCUT2D eigenvalue weighted by Gasteiger charge is 2.43. The maximum absolute atomic E-state index is 6.28. The lowest BCUT2D eigenvalue weighted by molar-refractivity contribution is -0.0563. The summed E-state index contributed by atoms with van der Waals surface area (Å²) in [6.45, 7) is 6.01. The van der Waals surface area contributed by atoms with Crippen molar-refractivity contribution >= 4 is 0 Å². The minimum absolute atomic E-state index is 0.172. The monoisotopic (exact) mass is 328 g/mol. The third-order valence-electron chi connectivity index (χ3n) is 4.90. The maximum Gasteiger partial charge on any atom is 0.104 e. The van der Waals surface area contributed by atoms with Gasteiger partial charge in [0.05, 0.1) is 26.1 Å². The van der Waals surface area contributed by atoms with Gasteiger partial charge in [-0.3, -0.25) is 9.88 Å². The molecule has 6 heteroatoms. The Hall–Kier alpha value is -1.76. The molecule has 0 saturated carbocycles. The largest absolute Gasteiger partial charge is 0.377 e. The summed E-state index contributed by atoms with van der Waals surface area (Å²) in [6, 6.07) is 4.16. The van der Waals surface area contributed by atoms with Gasteiger partial charge in [0, 0.05) is 56.9 Å². The van der Waals surface area contributed by atoms with Crippen LogP contribution in [0.5, 0.6) is 0 Å². The predicted octanol–water partition coefficient (Wildman–Crippen LogP) is 1.59. The molecule has 2 atom stereocenters. The first-order valence-corrected chi connectivity index (χ1v) is 8.60. The van der Waals surface area contributed by atoms with Gasteiger partial charge in [0.15, 0.2) is 0 Å². The highest BCUT2D eigenvalue weighted by atomic mass is 16.5. The summed E-state index contributed by atoms with van der Waals surface area (Å²) in [6.07, 6.45) is 10.5. The van der Waals surface area contributed by atoms with Crippen LogP contribution < -0.4 is 0 Å². The molecule has 128 valence electrons. The van der Waals surface area contributed by atoms with Crippen molar-refractivity contribution in [2.75, 3.05) is 32.9 Å². The van der Waals surface area contributed by atoms with Gasteiger partial charge >= 0.3 is 0 Å². The van der Waals surface area contributed by atoms with Crippen LogP contribution in [0.1, 0.15) is 12.0 Å². The summed E-state index contributed by atoms with van der Waals surface area (Å²) in [5.74, 6) is 0.517. The molecule has 6 nitrogen and oxygen atoms in total. The topological polar surface area (TPSA) is 52.4 Å². The Morgan fingerprint density at radius 2 is 2.12 bits per heavy atom. The average Bonchev–Trinajstić information content (AvgIpc) is 3.19. The van der Waals surface area contributed by atoms with E-state index >= 15 is 0 Å². The number of hydrogen-bond acceptors (Lipinski definition) is 5. The first kappa shape index (κ1) is 15.7. The molecule has 4 heterocycles. The number of nitrogens with zero attached hydrogens (tertiary/aromatic N) is 4. The third-order valence-corrected chi connectivity index (χ3v) is 4.90. The first-order chi connectivity index (χ1) is 11.8. The van der Waals surface area contributed by atoms with E-state index in [0.717, 1.165) is 45.8 Å². The van der Waals surface area contributed by atoms with Gasteiger partial charge in [-0.2, -0.15) is 0 Å². The second-order valence-corrected chi connectivity index (χ2v) is 6.94. The van der Waals surface area contributed by atoms with Crippen molar-refractivity contribution in [3.63, 3.8) is 0 Å². The van der Waals surface area contributed by atoms with Gasteiger partial charge in [-0.25, -0.2) is 4.98 Å². The molecule has 2 aromatic rings. The molecule has 1 spiro atoms. The average molecular weight is 328 g/mol. The summed E-state index contributed by atoms with van der Waals surface area (Å²) in [5.41, 5.74) is 1.12. The number of aromatic nitrogens is 3. The second kappa shape index (κ2) is 7.01. The molecule has 4 rings (SSSR count). The highest BCUT2D eigenvalue weighted by molar-refractivity contribution is 5.10. The van der Waals surface area contributed by atoms with E-state index in [4.69, 9.17) is 9.47 Å². The second-order valence-electron chi connectivity index (χ2n) is 6.94. The van der Waals surface area contributed by atoms with Crippen LogP contribution in [0.2, 0.25) is 0 Å². The Morgan fingerprint density at radius 3 is 2.96 bits per heavy atom. The number of ether oxygens (including phenoxy) is 2. The van der Waals surface area contributed by atoms with Crippen LogP contribution in [0, 0.1) is 5.92 Å². The summed E-state index contributed by atoms with van der Waals surface area (Å²) >= 11 is 0. The number of imidazole rings is 1. The van der Waals surface area contributed by atoms with E-state index in [2.05, 4.69) is 31.6 Å². The zero-order valence-electron chi connectivity index (χ0n) is 13.9. The zero-order valence-corrected chi connectivity index (χ0v) is 13.9. The quantitative estimate of drug-likeness (QED) is 0.853. The molecule has 2 aliphatic heterocycles. The third kappa shape index (κ3) is 3.66. The van der Waals surface area contributed by atoms with Crippen LogP contribution in [0.3, 0.4) is 0 Å². The molecular weight excluding hydrogens is 304 g/mol. The minimum Gasteiger partial charge on any atom is -0.377 e. The summed E-state index contributed by atoms with van der Waals surface area (Å²) in [7, 11) is 0. The van der Waals surface area contributed by atoms with Gasteiger partial charge in [0.25, 0.3) is 0 Å². The van der Waals surface area contributed by atoms with Gasteiger partial charge in [0.2, 0.25) is 0 Å². The van der Waals surface area contributed by atoms with E-state index < -0.39 is 0 Å². The molecule has 24 heavy (non-hydrogen) atoms. The van der Waals surface area contributed by atoms with E-state index in [1.807, 2.05) is 31.1 Å². The molecule has 2 saturated heterocycles. The Kier molecular flexibility index (Phi) is 4.60. The molecular formula is C18H24N4O2. The molecule has 2 aromatic heterocycles. The smallest absolute Gasteiger partial charge is 0.104 e. The fourth-order valence-corrected chi connectivity index (χ4v) is 3.82. The fraction of sp³-hybridized carbons (Fsp3) is 0.556. The molecule has 0 bridgehead atoms. The lowest BCUT2D eigenvalue weighted by Crippen LogP contribution is -2.43. The van der Waals surface area contributed by atoms with Crippen molar-refractivity contribution in [2.45, 2.75) is 25.1 Å². The number of pyridine rings is 1. The lowest BCUT2D eigenvalue weighted by atomic mass is 9.94. The van der Waals surface area contributed by atoms with E-state index in [-0.39, 0.29) is 5.60 Å². The standard InChI is InChI=1S/C18H24N4O2/c1-3-19-4-2-16(1)10-21-7-8-23-14-18(13-21)9-17(12-24-18)11-22-6-5-20-15-22/h1-6,15,17H,7-14H2/t17-,18+/m1/s1. The van der Waals surface area contributed by atoms with Crippen LogP contribution in [0.4, 0.5) is 0 Å². The van der Waals surface area contributed by atoms with Crippen LogP contribution in [0.25, 0.3) is 0 Å². The van der Waals surface area contributed by atoms with Crippen LogP contribution in [-0.4, -0.2) is 57.9 Å². The molecule has 2 aliphatic rings. The Labute approximate surface area is 142 Å². The Bertz CT molecular complexity index is 634. The summed E-state index contributed by atoms with van der Waals surface area (Å²) in [5, 5.41) is 0. The Morgan fingerprint density at radius 1 is 1.21 bits per heavy atom. The number of hydrogen-bond donors (Lipinski definition) is 0. The SMILES string of the molecule is c1cc(CN2CCOC[C@]3(C[C@H](Cn4ccnc4)CO3)C2)ccn1. The van der Waals surface area contributed by atoms with Gasteiger partial charge in [-0.05, 0) is 24.1 Å². The first-order valence-electron chi connectivity index (χ1n) is 8.60. The normalized spacial score (nSPS) is 28.2. The van der Waals surface area contributed by atoms with E-state index in [0.29, 0.717) is 12.5 Å². The van der Waals surface area contributed by atoms with Crippen molar-refractivity contribution in [3.05, 3.63) is 48.8 Å². The van der Waals surface area contributed by atoms with E-state index in [1.54, 1.807) is 0 Å². The van der Waals surface area contributed by atoms with Crippen molar-refractivity contribution in [2.24, 2.45) is 5.92 Å². The maximum atomic E-state index is 6.28. The van der Waals surface area contributed by atoms with Crippen molar-refractivity contribution in [1.29, 1.82) is 0 Å². The number of rotatable bonds is 4. The summed E-state index contributed by atoms with van der Waals surface area (Å²) < 4.78 is 14.3. The van der Waals surface area contributed by atoms with Gasteiger partial charge in [0.1, 0.15) is 5.60 Å². The van der Waals surface area contributed by atoms with Gasteiger partial charge in [-0.15, -0.1) is 0 Å². The van der Waals surface area contributed by atoms with Crippen molar-refractivity contribution in [3.8, 4) is 0 Å². The van der Waals surface area contributed by atoms with Gasteiger partial charge < -0.3 is 14.0 Å². The van der Waals surface area contributed by atoms with Crippen molar-refractivity contribution < 1.29 is 9.47 Å².